The SMILES string of the molecule is CCC[C@@H]1C2C3C4C5C6C7C8C9C%10C%11C%12C%13C%14C%15C%16C%17C%18C%19C%20C%21C%22C%23C%24C%25C(C4C4C%24C%24C(CC[C@@H]%26C%24C%23C%20C%20C%23C%19C%16C%16C%19C%15C%12C%12C%15C%11C8C8C(C73)[C@@H]1CC[C@H]8[C@H]%15CC[C@H]%12[C@H]%19CC[C@@H]%16[C@@H]%23CC[C@@H]%20%26)C[C@@H]42)C1C5C2C3C6C9C4C5C%10C%13C6C7C%14C%17C8C9C%18C%21C%10C%11C%22C%25C%12C1[C@@H]1CC[C@H]%12[C@@H]%11CC[C@@H]%10[C@H]9CC[C@@H]8[C@H]7CC[C@H]6[C@@H]5CC[C@@H]4[C@H]3CC[C@@H]21. The second kappa shape index (κ2) is 17.7. The van der Waals surface area contributed by atoms with Gasteiger partial charge in [0.25, 0.3) is 0 Å². The number of hydrogen-bond donors (Lipinski definition) is 0. The molecule has 47 aliphatic rings. The van der Waals surface area contributed by atoms with Crippen molar-refractivity contribution in [2.24, 2.45) is 562 Å². The van der Waals surface area contributed by atoms with Crippen molar-refractivity contribution < 1.29 is 0 Å². The molecule has 0 spiro atoms. The zero-order valence-electron chi connectivity index (χ0n) is 73.5. The highest BCUT2D eigenvalue weighted by Gasteiger charge is 2.99. The van der Waals surface area contributed by atoms with E-state index in [1.54, 1.807) is 12.8 Å². The second-order valence-corrected chi connectivity index (χ2v) is 64.4. The van der Waals surface area contributed by atoms with E-state index < -0.39 is 0 Å². The van der Waals surface area contributed by atoms with Crippen molar-refractivity contribution >= 4 is 0 Å². The molecular weight excluding hydrogens is 1450 g/mol. The lowest BCUT2D eigenvalue weighted by molar-refractivity contribution is -0.480. The van der Waals surface area contributed by atoms with Gasteiger partial charge in [0.2, 0.25) is 0 Å². The summed E-state index contributed by atoms with van der Waals surface area (Å²) in [6.45, 7) is 2.92. The van der Waals surface area contributed by atoms with E-state index in [4.69, 9.17) is 0 Å². The summed E-state index contributed by atoms with van der Waals surface area (Å²) in [5.74, 6) is 118. The van der Waals surface area contributed by atoms with Gasteiger partial charge in [-0.05, 0) is 710 Å². The lowest BCUT2D eigenvalue weighted by Crippen LogP contribution is -2.91. The molecule has 95 atom stereocenters. The minimum atomic E-state index is 1.16. The summed E-state index contributed by atoms with van der Waals surface area (Å²) in [5, 5.41) is 0. The van der Waals surface area contributed by atoms with Gasteiger partial charge in [0.05, 0.1) is 0 Å². The van der Waals surface area contributed by atoms with E-state index in [-0.39, 0.29) is 0 Å². The third kappa shape index (κ3) is 4.93. The van der Waals surface area contributed by atoms with Gasteiger partial charge in [-0.1, -0.05) is 19.8 Å². The van der Waals surface area contributed by atoms with Crippen LogP contribution in [-0.2, 0) is 0 Å². The first-order chi connectivity index (χ1) is 60.2. The van der Waals surface area contributed by atoms with Crippen molar-refractivity contribution in [3.63, 3.8) is 0 Å². The van der Waals surface area contributed by atoms with Crippen molar-refractivity contribution in [1.29, 1.82) is 0 Å². The van der Waals surface area contributed by atoms with Crippen LogP contribution in [0.2, 0.25) is 0 Å². The topological polar surface area (TPSA) is 0 Å². The Kier molecular flexibility index (Phi) is 9.02. The van der Waals surface area contributed by atoms with Gasteiger partial charge < -0.3 is 0 Å². The lowest BCUT2D eigenvalue weighted by atomic mass is 9.10. The zero-order valence-corrected chi connectivity index (χ0v) is 73.5. The summed E-state index contributed by atoms with van der Waals surface area (Å²) in [4.78, 5) is 0. The Balaban J connectivity index is 0.656. The Bertz CT molecular complexity index is 4840. The summed E-state index contributed by atoms with van der Waals surface area (Å²) in [6, 6.07) is 0. The average Bonchev–Trinajstić information content (AvgIpc) is 0.600. The van der Waals surface area contributed by atoms with Crippen LogP contribution < -0.4 is 0 Å². The Morgan fingerprint density at radius 3 is 0.397 bits per heavy atom. The smallest absolute Gasteiger partial charge is 0.0312 e. The van der Waals surface area contributed by atoms with Crippen LogP contribution in [-0.4, -0.2) is 0 Å². The molecule has 47 fully saturated rings. The van der Waals surface area contributed by atoms with E-state index in [0.717, 1.165) is 5.92 Å². The molecule has 0 heteroatoms. The van der Waals surface area contributed by atoms with Crippen molar-refractivity contribution in [3.8, 4) is 0 Å². The quantitative estimate of drug-likeness (QED) is 0.259. The van der Waals surface area contributed by atoms with Gasteiger partial charge in [-0.3, -0.25) is 0 Å². The molecule has 0 aromatic heterocycles. The Morgan fingerprint density at radius 2 is 0.223 bits per heavy atom. The molecule has 121 heavy (non-hydrogen) atoms. The van der Waals surface area contributed by atoms with Crippen LogP contribution in [0, 0.1) is 562 Å². The highest BCUT2D eigenvalue weighted by molar-refractivity contribution is 5.46. The highest BCUT2D eigenvalue weighted by atomic mass is 15.0. The first-order valence-electron chi connectivity index (χ1n) is 60.2. The number of rotatable bonds is 2. The minimum absolute atomic E-state index is 1.16. The summed E-state index contributed by atoms with van der Waals surface area (Å²) >= 11 is 0. The molecule has 0 bridgehead atoms. The maximum absolute atomic E-state index is 2.92. The fraction of sp³-hybridized carbons (Fsp3) is 1.00. The molecule has 47 aliphatic carbocycles. The van der Waals surface area contributed by atoms with Crippen LogP contribution in [0.4, 0.5) is 0 Å². The molecule has 0 amide bonds. The van der Waals surface area contributed by atoms with Crippen molar-refractivity contribution in [2.75, 3.05) is 0 Å². The van der Waals surface area contributed by atoms with Gasteiger partial charge in [-0.2, -0.15) is 0 Å². The van der Waals surface area contributed by atoms with E-state index in [2.05, 4.69) is 6.92 Å². The van der Waals surface area contributed by atoms with Crippen LogP contribution >= 0.6 is 0 Å². The van der Waals surface area contributed by atoms with E-state index >= 15 is 0 Å². The first kappa shape index (κ1) is 61.7. The molecule has 0 aliphatic heterocycles. The standard InChI is InChI=1S/C121H148/c1-2-3-28-30-6-7-32-35-12-14-43-46-18-16-38-34-9-8-31-29-5-4-27-26-50-52(28)76-78-54(30)56(32)83-87-63(35)67(43)95-97-70(46)66(38)90-86-58(34)55(31)79-77-53(29)51(27)75-74(50)98-100(76)105-81-60-36-13-15-40-41-20-21-45-47-24-25-49-48-23-22-44-42-19-17-39-37-11-10-33(36)57-59(37)82-84-62(39)64(42)89-91-69(44)71(48)94-96-73(49)72(47)93-92-68(45)65(41)88-85(61(40)60)108(105)103(78)109(83)112(88)114(92)115(87)118(95)119(93)121(96)120(97)117(90)116(94)113(91)111(86)106(79)110(89)107(84)102(77)99(75)104(82)101(98)80(57)81/h27-121H,2-26H2,1H3/t27?,28-,29-,30+,31+,32-,33+,34-,35+,36+,37-,38+,39-,40+,41+,42+,43-,44+,45-,46+,47-,48+,49+,50+,51?,52?,53?,54?,55?,56?,57?,58?,59?,60?,61?,62?,63?,64?,65?,66?,67?,68?,69?,70?,71?,72?,73?,74?,75?,76?,77?,78?,79?,80?,81?,82?,83?,84?,85?,86?,87?,88?,89?,90?,91?,92?,93?,94?,95?,96?,97?,98?,99?,100?,101?,102?,103?,104?,105?,106?,107?,108?,109?,110?,111?,112?,113?,114?,115?,116?,117?,118?,119?,120?,121?/m0/s1. The summed E-state index contributed by atoms with van der Waals surface area (Å²) < 4.78 is 0. The molecule has 0 saturated heterocycles. The maximum Gasteiger partial charge on any atom is -0.0312 e. The van der Waals surface area contributed by atoms with Gasteiger partial charge in [-0.15, -0.1) is 0 Å². The fourth-order valence-electron chi connectivity index (χ4n) is 77.4. The van der Waals surface area contributed by atoms with Gasteiger partial charge in [0, 0.05) is 0 Å². The number of fused-ring (bicyclic) bond motifs is 11. The van der Waals surface area contributed by atoms with E-state index in [9.17, 15) is 0 Å². The molecule has 47 saturated carbocycles. The molecule has 632 valence electrons. The van der Waals surface area contributed by atoms with Crippen LogP contribution in [0.3, 0.4) is 0 Å². The Labute approximate surface area is 724 Å². The maximum atomic E-state index is 2.92. The van der Waals surface area contributed by atoms with Crippen molar-refractivity contribution in [1.82, 2.24) is 0 Å². The van der Waals surface area contributed by atoms with E-state index in [0.29, 0.717) is 0 Å². The fourth-order valence-corrected chi connectivity index (χ4v) is 77.4. The summed E-state index contributed by atoms with van der Waals surface area (Å²) in [7, 11) is 0. The first-order valence-corrected chi connectivity index (χ1v) is 60.2. The Hall–Kier alpha value is 0. The lowest BCUT2D eigenvalue weighted by Gasteiger charge is -2.95. The molecule has 0 aromatic rings. The second-order valence-electron chi connectivity index (χ2n) is 64.4. The van der Waals surface area contributed by atoms with Gasteiger partial charge in [-0.25, -0.2) is 0 Å². The Morgan fingerprint density at radius 1 is 0.107 bits per heavy atom. The van der Waals surface area contributed by atoms with Crippen LogP contribution in [0.5, 0.6) is 0 Å². The summed E-state index contributed by atoms with van der Waals surface area (Å²) in [5.41, 5.74) is 0. The van der Waals surface area contributed by atoms with Gasteiger partial charge >= 0.3 is 0 Å². The summed E-state index contributed by atoms with van der Waals surface area (Å²) in [6.07, 6.45) is 45.6. The number of hydrogen-bond acceptors (Lipinski definition) is 0. The molecule has 47 rings (SSSR count). The monoisotopic (exact) mass is 1600 g/mol. The molecular formula is C121H148. The van der Waals surface area contributed by atoms with Gasteiger partial charge in [0.1, 0.15) is 0 Å². The van der Waals surface area contributed by atoms with Crippen molar-refractivity contribution in [2.45, 2.75) is 167 Å². The third-order valence-corrected chi connectivity index (χ3v) is 70.6. The predicted molar refractivity (Wildman–Crippen MR) is 453 cm³/mol. The molecule has 0 nitrogen and oxygen atoms in total. The van der Waals surface area contributed by atoms with Crippen LogP contribution in [0.25, 0.3) is 0 Å². The van der Waals surface area contributed by atoms with Gasteiger partial charge in [0.15, 0.2) is 0 Å². The highest BCUT2D eigenvalue weighted by Crippen LogP contribution is 3.03. The molecule has 0 N–H and O–H groups in total. The van der Waals surface area contributed by atoms with E-state index in [1.807, 2.05) is 148 Å². The van der Waals surface area contributed by atoms with Crippen molar-refractivity contribution in [3.05, 3.63) is 0 Å². The van der Waals surface area contributed by atoms with E-state index in [1.165, 1.54) is 556 Å². The third-order valence-electron chi connectivity index (χ3n) is 70.6. The average molecular weight is 1600 g/mol. The molecule has 72 unspecified atom stereocenters. The minimum Gasteiger partial charge on any atom is -0.0654 e. The zero-order chi connectivity index (χ0) is 73.5. The molecule has 0 aromatic carbocycles. The van der Waals surface area contributed by atoms with Crippen LogP contribution in [0.15, 0.2) is 0 Å². The van der Waals surface area contributed by atoms with Crippen LogP contribution in [0.1, 0.15) is 167 Å². The predicted octanol–water partition coefficient (Wildman–Crippen LogP) is 22.0. The molecule has 0 radical (unpaired) electrons. The molecule has 0 heterocycles. The largest absolute Gasteiger partial charge is 0.0654 e. The normalized spacial score (nSPS) is 89.6.